The van der Waals surface area contributed by atoms with E-state index in [0.717, 1.165) is 48.8 Å². The summed E-state index contributed by atoms with van der Waals surface area (Å²) in [5.41, 5.74) is 4.42. The van der Waals surface area contributed by atoms with Crippen molar-refractivity contribution in [2.24, 2.45) is 7.05 Å². The largest absolute Gasteiger partial charge is 0.293 e. The lowest BCUT2D eigenvalue weighted by atomic mass is 10.1. The molecule has 0 N–H and O–H groups in total. The van der Waals surface area contributed by atoms with Gasteiger partial charge in [-0.1, -0.05) is 0 Å². The third-order valence-electron chi connectivity index (χ3n) is 4.09. The summed E-state index contributed by atoms with van der Waals surface area (Å²) in [5.74, 6) is 0.759. The molecule has 0 saturated heterocycles. The van der Waals surface area contributed by atoms with Crippen molar-refractivity contribution in [1.82, 2.24) is 29.6 Å². The van der Waals surface area contributed by atoms with Crippen LogP contribution in [0.1, 0.15) is 17.0 Å². The molecule has 0 aromatic carbocycles. The average Bonchev–Trinajstić information content (AvgIpc) is 3.00. The molecular weight excluding hydrogens is 288 g/mol. The predicted octanol–water partition coefficient (Wildman–Crippen LogP) is 1.83. The van der Waals surface area contributed by atoms with Crippen LogP contribution in [0.4, 0.5) is 0 Å². The van der Waals surface area contributed by atoms with Gasteiger partial charge in [0, 0.05) is 69.0 Å². The molecule has 0 bridgehead atoms. The van der Waals surface area contributed by atoms with Crippen LogP contribution in [0.25, 0.3) is 11.4 Å². The van der Waals surface area contributed by atoms with E-state index in [9.17, 15) is 0 Å². The van der Waals surface area contributed by atoms with Crippen LogP contribution in [0.3, 0.4) is 0 Å². The van der Waals surface area contributed by atoms with Gasteiger partial charge < -0.3 is 0 Å². The summed E-state index contributed by atoms with van der Waals surface area (Å²) in [6.07, 6.45) is 8.44. The highest BCUT2D eigenvalue weighted by Gasteiger charge is 2.19. The van der Waals surface area contributed by atoms with E-state index in [-0.39, 0.29) is 0 Å². The number of nitrogens with zero attached hydrogens (tertiary/aromatic N) is 6. The SMILES string of the molecule is Cn1ccc(CN2CCc3nc(-c4cccnc4)ncc3C2)n1. The minimum absolute atomic E-state index is 0.759. The van der Waals surface area contributed by atoms with Crippen molar-refractivity contribution >= 4 is 0 Å². The maximum Gasteiger partial charge on any atom is 0.160 e. The van der Waals surface area contributed by atoms with Crippen LogP contribution in [-0.4, -0.2) is 36.2 Å². The first-order valence-electron chi connectivity index (χ1n) is 7.74. The van der Waals surface area contributed by atoms with Gasteiger partial charge in [0.25, 0.3) is 0 Å². The molecule has 0 radical (unpaired) electrons. The molecule has 3 aromatic rings. The first-order chi connectivity index (χ1) is 11.3. The second-order valence-electron chi connectivity index (χ2n) is 5.85. The molecule has 0 unspecified atom stereocenters. The van der Waals surface area contributed by atoms with Gasteiger partial charge in [-0.15, -0.1) is 0 Å². The number of hydrogen-bond acceptors (Lipinski definition) is 5. The Morgan fingerprint density at radius 2 is 2.17 bits per heavy atom. The Morgan fingerprint density at radius 1 is 1.22 bits per heavy atom. The molecule has 0 amide bonds. The average molecular weight is 306 g/mol. The van der Waals surface area contributed by atoms with Crippen LogP contribution in [-0.2, 0) is 26.6 Å². The monoisotopic (exact) mass is 306 g/mol. The van der Waals surface area contributed by atoms with Gasteiger partial charge in [0.2, 0.25) is 0 Å². The number of pyridine rings is 1. The topological polar surface area (TPSA) is 59.7 Å². The van der Waals surface area contributed by atoms with Crippen LogP contribution in [0.15, 0.2) is 43.0 Å². The van der Waals surface area contributed by atoms with E-state index in [0.29, 0.717) is 0 Å². The molecular formula is C17H18N6. The second-order valence-corrected chi connectivity index (χ2v) is 5.85. The van der Waals surface area contributed by atoms with E-state index in [4.69, 9.17) is 4.98 Å². The quantitative estimate of drug-likeness (QED) is 0.739. The van der Waals surface area contributed by atoms with E-state index in [2.05, 4.69) is 26.0 Å². The first kappa shape index (κ1) is 14.0. The van der Waals surface area contributed by atoms with Crippen molar-refractivity contribution in [2.45, 2.75) is 19.5 Å². The summed E-state index contributed by atoms with van der Waals surface area (Å²) >= 11 is 0. The Kier molecular flexibility index (Phi) is 3.59. The zero-order valence-electron chi connectivity index (χ0n) is 13.1. The summed E-state index contributed by atoms with van der Waals surface area (Å²) in [5, 5.41) is 4.45. The highest BCUT2D eigenvalue weighted by Crippen LogP contribution is 2.21. The van der Waals surface area contributed by atoms with Crippen molar-refractivity contribution in [3.8, 4) is 11.4 Å². The van der Waals surface area contributed by atoms with E-state index in [1.54, 1.807) is 12.4 Å². The van der Waals surface area contributed by atoms with Gasteiger partial charge in [0.15, 0.2) is 5.82 Å². The second kappa shape index (κ2) is 5.89. The zero-order chi connectivity index (χ0) is 15.6. The van der Waals surface area contributed by atoms with Crippen LogP contribution in [0, 0.1) is 0 Å². The normalized spacial score (nSPS) is 14.7. The Morgan fingerprint density at radius 3 is 2.96 bits per heavy atom. The van der Waals surface area contributed by atoms with E-state index < -0.39 is 0 Å². The Bertz CT molecular complexity index is 811. The summed E-state index contributed by atoms with van der Waals surface area (Å²) in [4.78, 5) is 15.8. The molecule has 0 fully saturated rings. The van der Waals surface area contributed by atoms with E-state index in [1.165, 1.54) is 5.56 Å². The Labute approximate surface area is 134 Å². The maximum atomic E-state index is 4.73. The Hall–Kier alpha value is -2.60. The lowest BCUT2D eigenvalue weighted by Crippen LogP contribution is -2.31. The fraction of sp³-hybridized carbons (Fsp3) is 0.294. The van der Waals surface area contributed by atoms with Gasteiger partial charge in [0.1, 0.15) is 0 Å². The van der Waals surface area contributed by atoms with Crippen molar-refractivity contribution in [3.63, 3.8) is 0 Å². The zero-order valence-corrected chi connectivity index (χ0v) is 13.1. The number of rotatable bonds is 3. The smallest absolute Gasteiger partial charge is 0.160 e. The molecule has 0 aliphatic carbocycles. The fourth-order valence-corrected chi connectivity index (χ4v) is 2.92. The van der Waals surface area contributed by atoms with Gasteiger partial charge in [0.05, 0.1) is 11.4 Å². The van der Waals surface area contributed by atoms with Crippen LogP contribution in [0.5, 0.6) is 0 Å². The molecule has 0 saturated carbocycles. The number of aromatic nitrogens is 5. The minimum atomic E-state index is 0.759. The molecule has 4 rings (SSSR count). The highest BCUT2D eigenvalue weighted by molar-refractivity contribution is 5.53. The van der Waals surface area contributed by atoms with E-state index in [1.807, 2.05) is 36.3 Å². The van der Waals surface area contributed by atoms with Gasteiger partial charge >= 0.3 is 0 Å². The van der Waals surface area contributed by atoms with Crippen LogP contribution < -0.4 is 0 Å². The molecule has 1 aliphatic heterocycles. The summed E-state index contributed by atoms with van der Waals surface area (Å²) < 4.78 is 1.84. The molecule has 23 heavy (non-hydrogen) atoms. The van der Waals surface area contributed by atoms with Crippen molar-refractivity contribution in [2.75, 3.05) is 6.54 Å². The first-order valence-corrected chi connectivity index (χ1v) is 7.74. The lowest BCUT2D eigenvalue weighted by molar-refractivity contribution is 0.239. The van der Waals surface area contributed by atoms with Gasteiger partial charge in [-0.2, -0.15) is 5.10 Å². The fourth-order valence-electron chi connectivity index (χ4n) is 2.92. The summed E-state index contributed by atoms with van der Waals surface area (Å²) in [6.45, 7) is 2.73. The molecule has 4 heterocycles. The molecule has 1 aliphatic rings. The van der Waals surface area contributed by atoms with Crippen LogP contribution >= 0.6 is 0 Å². The van der Waals surface area contributed by atoms with Crippen molar-refractivity contribution < 1.29 is 0 Å². The standard InChI is InChI=1S/C17H18N6/c1-22-7-4-15(21-22)12-23-8-5-16-14(11-23)10-19-17(20-16)13-3-2-6-18-9-13/h2-4,6-7,9-10H,5,8,11-12H2,1H3. The number of hydrogen-bond donors (Lipinski definition) is 0. The van der Waals surface area contributed by atoms with Crippen molar-refractivity contribution in [3.05, 3.63) is 59.9 Å². The number of aryl methyl sites for hydroxylation is 1. The predicted molar refractivity (Wildman–Crippen MR) is 86.3 cm³/mol. The molecule has 6 nitrogen and oxygen atoms in total. The maximum absolute atomic E-state index is 4.73. The van der Waals surface area contributed by atoms with Crippen LogP contribution in [0.2, 0.25) is 0 Å². The third kappa shape index (κ3) is 2.98. The van der Waals surface area contributed by atoms with Crippen molar-refractivity contribution in [1.29, 1.82) is 0 Å². The summed E-state index contributed by atoms with van der Waals surface area (Å²) in [7, 11) is 1.95. The van der Waals surface area contributed by atoms with Gasteiger partial charge in [-0.3, -0.25) is 14.6 Å². The molecule has 0 atom stereocenters. The summed E-state index contributed by atoms with van der Waals surface area (Å²) in [6, 6.07) is 5.97. The van der Waals surface area contributed by atoms with Gasteiger partial charge in [-0.25, -0.2) is 9.97 Å². The molecule has 0 spiro atoms. The Balaban J connectivity index is 1.52. The highest BCUT2D eigenvalue weighted by atomic mass is 15.3. The molecule has 6 heteroatoms. The minimum Gasteiger partial charge on any atom is -0.293 e. The molecule has 116 valence electrons. The third-order valence-corrected chi connectivity index (χ3v) is 4.09. The van der Waals surface area contributed by atoms with E-state index >= 15 is 0 Å². The molecule has 3 aromatic heterocycles. The lowest BCUT2D eigenvalue weighted by Gasteiger charge is -2.27. The number of fused-ring (bicyclic) bond motifs is 1. The van der Waals surface area contributed by atoms with Gasteiger partial charge in [-0.05, 0) is 18.2 Å².